The van der Waals surface area contributed by atoms with Crippen LogP contribution in [-0.2, 0) is 0 Å². The molecule has 0 fully saturated rings. The zero-order valence-electron chi connectivity index (χ0n) is 8.84. The van der Waals surface area contributed by atoms with Gasteiger partial charge in [0, 0.05) is 18.7 Å². The summed E-state index contributed by atoms with van der Waals surface area (Å²) < 4.78 is 0. The first kappa shape index (κ1) is 13.3. The topological polar surface area (TPSA) is 49.3 Å². The molecule has 1 aromatic carbocycles. The van der Waals surface area contributed by atoms with Gasteiger partial charge < -0.3 is 10.4 Å². The number of amides is 1. The predicted octanol–water partition coefficient (Wildman–Crippen LogP) is 2.35. The van der Waals surface area contributed by atoms with E-state index in [1.165, 1.54) is 6.07 Å². The van der Waals surface area contributed by atoms with Gasteiger partial charge in [-0.25, -0.2) is 0 Å². The average molecular weight is 262 g/mol. The number of aliphatic hydroxyl groups excluding tert-OH is 1. The van der Waals surface area contributed by atoms with Crippen LogP contribution in [0, 0.1) is 5.92 Å². The highest BCUT2D eigenvalue weighted by atomic mass is 35.5. The summed E-state index contributed by atoms with van der Waals surface area (Å²) in [7, 11) is 0. The standard InChI is InChI=1S/C11H13Cl2NO2/c1-7(6-15)5-14-11(16)8-2-3-9(12)10(13)4-8/h2-4,7,15H,5-6H2,1H3,(H,14,16). The maximum Gasteiger partial charge on any atom is 0.251 e. The van der Waals surface area contributed by atoms with E-state index in [-0.39, 0.29) is 18.4 Å². The van der Waals surface area contributed by atoms with Crippen molar-refractivity contribution in [2.75, 3.05) is 13.2 Å². The third kappa shape index (κ3) is 3.67. The van der Waals surface area contributed by atoms with Crippen molar-refractivity contribution in [3.8, 4) is 0 Å². The molecule has 5 heteroatoms. The average Bonchev–Trinajstić information content (AvgIpc) is 2.29. The van der Waals surface area contributed by atoms with E-state index in [9.17, 15) is 4.79 Å². The highest BCUT2D eigenvalue weighted by molar-refractivity contribution is 6.42. The summed E-state index contributed by atoms with van der Waals surface area (Å²) in [6, 6.07) is 4.70. The van der Waals surface area contributed by atoms with Crippen molar-refractivity contribution in [1.82, 2.24) is 5.32 Å². The van der Waals surface area contributed by atoms with Crippen LogP contribution in [0.1, 0.15) is 17.3 Å². The van der Waals surface area contributed by atoms with E-state index in [1.54, 1.807) is 12.1 Å². The van der Waals surface area contributed by atoms with Crippen LogP contribution in [0.4, 0.5) is 0 Å². The Balaban J connectivity index is 2.63. The first-order chi connectivity index (χ1) is 7.54. The number of halogens is 2. The summed E-state index contributed by atoms with van der Waals surface area (Å²) in [5, 5.41) is 12.3. The Morgan fingerprint density at radius 1 is 1.44 bits per heavy atom. The third-order valence-corrected chi connectivity index (χ3v) is 2.84. The highest BCUT2D eigenvalue weighted by Gasteiger charge is 2.08. The van der Waals surface area contributed by atoms with E-state index in [0.29, 0.717) is 22.2 Å². The number of carbonyl (C=O) groups is 1. The fourth-order valence-electron chi connectivity index (χ4n) is 1.07. The smallest absolute Gasteiger partial charge is 0.251 e. The van der Waals surface area contributed by atoms with Crippen molar-refractivity contribution in [2.24, 2.45) is 5.92 Å². The predicted molar refractivity (Wildman–Crippen MR) is 65.0 cm³/mol. The first-order valence-corrected chi connectivity index (χ1v) is 5.64. The lowest BCUT2D eigenvalue weighted by atomic mass is 10.1. The molecule has 1 atom stereocenters. The van der Waals surface area contributed by atoms with Gasteiger partial charge in [0.05, 0.1) is 10.0 Å². The molecule has 0 heterocycles. The maximum absolute atomic E-state index is 11.6. The van der Waals surface area contributed by atoms with Crippen LogP contribution in [-0.4, -0.2) is 24.2 Å². The van der Waals surface area contributed by atoms with Gasteiger partial charge in [0.25, 0.3) is 5.91 Å². The van der Waals surface area contributed by atoms with E-state index < -0.39 is 0 Å². The zero-order valence-corrected chi connectivity index (χ0v) is 10.3. The van der Waals surface area contributed by atoms with Gasteiger partial charge in [0.15, 0.2) is 0 Å². The van der Waals surface area contributed by atoms with Gasteiger partial charge in [0.1, 0.15) is 0 Å². The van der Waals surface area contributed by atoms with Crippen molar-refractivity contribution in [1.29, 1.82) is 0 Å². The lowest BCUT2D eigenvalue weighted by molar-refractivity contribution is 0.0942. The second kappa shape index (κ2) is 6.09. The highest BCUT2D eigenvalue weighted by Crippen LogP contribution is 2.22. The molecule has 0 radical (unpaired) electrons. The van der Waals surface area contributed by atoms with Crippen LogP contribution in [0.25, 0.3) is 0 Å². The minimum atomic E-state index is -0.223. The Morgan fingerprint density at radius 2 is 2.12 bits per heavy atom. The number of aliphatic hydroxyl groups is 1. The monoisotopic (exact) mass is 261 g/mol. The first-order valence-electron chi connectivity index (χ1n) is 4.88. The number of nitrogens with one attached hydrogen (secondary N) is 1. The van der Waals surface area contributed by atoms with Gasteiger partial charge in [-0.15, -0.1) is 0 Å². The Kier molecular flexibility index (Phi) is 5.06. The molecule has 1 rings (SSSR count). The summed E-state index contributed by atoms with van der Waals surface area (Å²) in [6.07, 6.45) is 0. The van der Waals surface area contributed by atoms with Gasteiger partial charge in [0.2, 0.25) is 0 Å². The summed E-state index contributed by atoms with van der Waals surface area (Å²) in [5.74, 6) is -0.189. The molecule has 0 aliphatic carbocycles. The van der Waals surface area contributed by atoms with Crippen LogP contribution >= 0.6 is 23.2 Å². The van der Waals surface area contributed by atoms with E-state index in [2.05, 4.69) is 5.32 Å². The van der Waals surface area contributed by atoms with Crippen LogP contribution in [0.15, 0.2) is 18.2 Å². The van der Waals surface area contributed by atoms with E-state index in [0.717, 1.165) is 0 Å². The van der Waals surface area contributed by atoms with Crippen molar-refractivity contribution >= 4 is 29.1 Å². The Morgan fingerprint density at radius 3 is 2.69 bits per heavy atom. The number of rotatable bonds is 4. The molecule has 1 aromatic rings. The third-order valence-electron chi connectivity index (χ3n) is 2.10. The van der Waals surface area contributed by atoms with Crippen molar-refractivity contribution < 1.29 is 9.90 Å². The minimum absolute atomic E-state index is 0.0340. The lowest BCUT2D eigenvalue weighted by Crippen LogP contribution is -2.29. The van der Waals surface area contributed by atoms with Crippen LogP contribution in [0.5, 0.6) is 0 Å². The normalized spacial score (nSPS) is 12.2. The number of hydrogen-bond acceptors (Lipinski definition) is 2. The largest absolute Gasteiger partial charge is 0.396 e. The molecule has 1 unspecified atom stereocenters. The number of hydrogen-bond donors (Lipinski definition) is 2. The molecule has 0 aromatic heterocycles. The molecule has 0 aliphatic heterocycles. The van der Waals surface area contributed by atoms with E-state index in [4.69, 9.17) is 28.3 Å². The van der Waals surface area contributed by atoms with Crippen LogP contribution < -0.4 is 5.32 Å². The number of benzene rings is 1. The van der Waals surface area contributed by atoms with Gasteiger partial charge in [-0.2, -0.15) is 0 Å². The molecule has 88 valence electrons. The molecule has 0 saturated carbocycles. The van der Waals surface area contributed by atoms with Crippen LogP contribution in [0.2, 0.25) is 10.0 Å². The van der Waals surface area contributed by atoms with E-state index >= 15 is 0 Å². The maximum atomic E-state index is 11.6. The molecular formula is C11H13Cl2NO2. The van der Waals surface area contributed by atoms with Gasteiger partial charge in [-0.1, -0.05) is 30.1 Å². The van der Waals surface area contributed by atoms with Crippen molar-refractivity contribution in [2.45, 2.75) is 6.92 Å². The Labute approximate surface area is 104 Å². The molecule has 3 nitrogen and oxygen atoms in total. The zero-order chi connectivity index (χ0) is 12.1. The Hall–Kier alpha value is -0.770. The summed E-state index contributed by atoms with van der Waals surface area (Å²) in [4.78, 5) is 11.6. The Bertz CT molecular complexity index is 382. The molecule has 0 spiro atoms. The van der Waals surface area contributed by atoms with Gasteiger partial charge in [-0.3, -0.25) is 4.79 Å². The fourth-order valence-corrected chi connectivity index (χ4v) is 1.37. The number of carbonyl (C=O) groups excluding carboxylic acids is 1. The summed E-state index contributed by atoms with van der Waals surface area (Å²) in [5.41, 5.74) is 0.458. The fraction of sp³-hybridized carbons (Fsp3) is 0.364. The molecular weight excluding hydrogens is 249 g/mol. The second-order valence-electron chi connectivity index (χ2n) is 3.63. The lowest BCUT2D eigenvalue weighted by Gasteiger charge is -2.09. The van der Waals surface area contributed by atoms with E-state index in [1.807, 2.05) is 6.92 Å². The minimum Gasteiger partial charge on any atom is -0.396 e. The SMILES string of the molecule is CC(CO)CNC(=O)c1ccc(Cl)c(Cl)c1. The quantitative estimate of drug-likeness (QED) is 0.875. The van der Waals surface area contributed by atoms with Gasteiger partial charge >= 0.3 is 0 Å². The molecule has 0 aliphatic rings. The molecule has 16 heavy (non-hydrogen) atoms. The molecule has 1 amide bonds. The summed E-state index contributed by atoms with van der Waals surface area (Å²) in [6.45, 7) is 2.31. The molecule has 2 N–H and O–H groups in total. The summed E-state index contributed by atoms with van der Waals surface area (Å²) >= 11 is 11.5. The van der Waals surface area contributed by atoms with Crippen molar-refractivity contribution in [3.05, 3.63) is 33.8 Å². The molecule has 0 bridgehead atoms. The van der Waals surface area contributed by atoms with Gasteiger partial charge in [-0.05, 0) is 24.1 Å². The molecule has 0 saturated heterocycles. The van der Waals surface area contributed by atoms with Crippen LogP contribution in [0.3, 0.4) is 0 Å². The van der Waals surface area contributed by atoms with Crippen molar-refractivity contribution in [3.63, 3.8) is 0 Å². The second-order valence-corrected chi connectivity index (χ2v) is 4.44.